The molecule has 15 heavy (non-hydrogen) atoms. The second kappa shape index (κ2) is 5.92. The topological polar surface area (TPSA) is 43.4 Å². The summed E-state index contributed by atoms with van der Waals surface area (Å²) in [5.41, 5.74) is 0. The van der Waals surface area contributed by atoms with Gasteiger partial charge in [0.25, 0.3) is 0 Å². The number of hydrogen-bond donors (Lipinski definition) is 0. The van der Waals surface area contributed by atoms with Gasteiger partial charge in [-0.05, 0) is 17.7 Å². The number of methoxy groups -OCH3 is 1. The molecule has 0 unspecified atom stereocenters. The van der Waals surface area contributed by atoms with Gasteiger partial charge >= 0.3 is 5.97 Å². The van der Waals surface area contributed by atoms with E-state index in [0.29, 0.717) is 0 Å². The van der Waals surface area contributed by atoms with Crippen LogP contribution < -0.4 is 0 Å². The van der Waals surface area contributed by atoms with Crippen LogP contribution in [0.3, 0.4) is 0 Å². The van der Waals surface area contributed by atoms with Crippen LogP contribution in [0.15, 0.2) is 16.3 Å². The van der Waals surface area contributed by atoms with Gasteiger partial charge in [-0.15, -0.1) is 23.1 Å². The van der Waals surface area contributed by atoms with Gasteiger partial charge in [-0.1, -0.05) is 0 Å². The van der Waals surface area contributed by atoms with Gasteiger partial charge < -0.3 is 4.74 Å². The Morgan fingerprint density at radius 1 is 1.47 bits per heavy atom. The summed E-state index contributed by atoms with van der Waals surface area (Å²) >= 11 is 2.96. The third-order valence-electron chi connectivity index (χ3n) is 1.89. The summed E-state index contributed by atoms with van der Waals surface area (Å²) in [5, 5.41) is 1.89. The molecule has 0 spiro atoms. The molecule has 0 N–H and O–H groups in total. The minimum Gasteiger partial charge on any atom is -0.469 e. The lowest BCUT2D eigenvalue weighted by molar-refractivity contribution is -0.140. The standard InChI is InChI=1S/C10H12O3S2/c1-13-9(12)4-3-7(11)10-8(14-2)5-6-15-10/h5-6H,3-4H2,1-2H3. The molecule has 0 aliphatic carbocycles. The lowest BCUT2D eigenvalue weighted by Gasteiger charge is -2.00. The molecule has 0 aliphatic rings. The Morgan fingerprint density at radius 3 is 2.80 bits per heavy atom. The van der Waals surface area contributed by atoms with Crippen LogP contribution in [0.1, 0.15) is 22.5 Å². The lowest BCUT2D eigenvalue weighted by atomic mass is 10.2. The predicted molar refractivity (Wildman–Crippen MR) is 61.7 cm³/mol. The Kier molecular flexibility index (Phi) is 4.84. The first-order chi connectivity index (χ1) is 7.19. The molecular weight excluding hydrogens is 232 g/mol. The molecule has 0 saturated heterocycles. The van der Waals surface area contributed by atoms with Crippen molar-refractivity contribution in [2.24, 2.45) is 0 Å². The van der Waals surface area contributed by atoms with E-state index in [2.05, 4.69) is 4.74 Å². The van der Waals surface area contributed by atoms with E-state index in [0.717, 1.165) is 9.77 Å². The first-order valence-electron chi connectivity index (χ1n) is 4.40. The molecule has 1 aromatic heterocycles. The second-order valence-corrected chi connectivity index (χ2v) is 4.58. The molecule has 0 atom stereocenters. The molecule has 82 valence electrons. The Balaban J connectivity index is 2.57. The summed E-state index contributed by atoms with van der Waals surface area (Å²) in [4.78, 5) is 24.3. The number of carbonyl (C=O) groups is 2. The minimum atomic E-state index is -0.342. The SMILES string of the molecule is COC(=O)CCC(=O)c1sccc1SC. The fourth-order valence-corrected chi connectivity index (χ4v) is 2.83. The van der Waals surface area contributed by atoms with E-state index in [-0.39, 0.29) is 24.6 Å². The van der Waals surface area contributed by atoms with Crippen LogP contribution in [-0.2, 0) is 9.53 Å². The largest absolute Gasteiger partial charge is 0.469 e. The first kappa shape index (κ1) is 12.3. The van der Waals surface area contributed by atoms with Crippen molar-refractivity contribution < 1.29 is 14.3 Å². The van der Waals surface area contributed by atoms with Gasteiger partial charge in [-0.25, -0.2) is 0 Å². The van der Waals surface area contributed by atoms with Gasteiger partial charge in [-0.2, -0.15) is 0 Å². The van der Waals surface area contributed by atoms with E-state index in [1.807, 2.05) is 17.7 Å². The van der Waals surface area contributed by atoms with E-state index >= 15 is 0 Å². The summed E-state index contributed by atoms with van der Waals surface area (Å²) in [6, 6.07) is 1.92. The third-order valence-corrected chi connectivity index (χ3v) is 3.75. The maximum Gasteiger partial charge on any atom is 0.305 e. The first-order valence-corrected chi connectivity index (χ1v) is 6.51. The van der Waals surface area contributed by atoms with Gasteiger partial charge in [0.15, 0.2) is 5.78 Å². The molecule has 0 aromatic carbocycles. The highest BCUT2D eigenvalue weighted by Gasteiger charge is 2.14. The number of esters is 1. The Hall–Kier alpha value is -0.810. The molecule has 0 bridgehead atoms. The monoisotopic (exact) mass is 244 g/mol. The molecule has 0 amide bonds. The molecule has 5 heteroatoms. The number of ketones is 1. The average Bonchev–Trinajstić information content (AvgIpc) is 2.73. The summed E-state index contributed by atoms with van der Waals surface area (Å²) in [6.07, 6.45) is 2.31. The van der Waals surface area contributed by atoms with Crippen LogP contribution in [0.2, 0.25) is 0 Å². The van der Waals surface area contributed by atoms with Crippen LogP contribution in [0.25, 0.3) is 0 Å². The van der Waals surface area contributed by atoms with Crippen LogP contribution in [0.4, 0.5) is 0 Å². The summed E-state index contributed by atoms with van der Waals surface area (Å²) in [7, 11) is 1.32. The van der Waals surface area contributed by atoms with Crippen molar-refractivity contribution in [3.8, 4) is 0 Å². The Labute approximate surface area is 96.8 Å². The number of ether oxygens (including phenoxy) is 1. The fraction of sp³-hybridized carbons (Fsp3) is 0.400. The number of carbonyl (C=O) groups excluding carboxylic acids is 2. The minimum absolute atomic E-state index is 0.0137. The van der Waals surface area contributed by atoms with Crippen LogP contribution in [-0.4, -0.2) is 25.1 Å². The van der Waals surface area contributed by atoms with E-state index in [9.17, 15) is 9.59 Å². The molecule has 1 aromatic rings. The number of Topliss-reactive ketones (excluding diaryl/α,β-unsaturated/α-hetero) is 1. The lowest BCUT2D eigenvalue weighted by Crippen LogP contribution is -2.05. The highest BCUT2D eigenvalue weighted by molar-refractivity contribution is 7.98. The fourth-order valence-electron chi connectivity index (χ4n) is 1.09. The van der Waals surface area contributed by atoms with E-state index in [4.69, 9.17) is 0 Å². The third kappa shape index (κ3) is 3.35. The Morgan fingerprint density at radius 2 is 2.20 bits per heavy atom. The summed E-state index contributed by atoms with van der Waals surface area (Å²) in [6.45, 7) is 0. The normalized spacial score (nSPS) is 10.0. The van der Waals surface area contributed by atoms with Gasteiger partial charge in [0, 0.05) is 11.3 Å². The average molecular weight is 244 g/mol. The van der Waals surface area contributed by atoms with Crippen molar-refractivity contribution >= 4 is 34.9 Å². The number of thioether (sulfide) groups is 1. The van der Waals surface area contributed by atoms with Gasteiger partial charge in [-0.3, -0.25) is 9.59 Å². The van der Waals surface area contributed by atoms with Crippen LogP contribution in [0, 0.1) is 0 Å². The van der Waals surface area contributed by atoms with Crippen molar-refractivity contribution in [1.82, 2.24) is 0 Å². The van der Waals surface area contributed by atoms with E-state index in [1.165, 1.54) is 18.4 Å². The van der Waals surface area contributed by atoms with Crippen LogP contribution >= 0.6 is 23.1 Å². The molecular formula is C10H12O3S2. The summed E-state index contributed by atoms with van der Waals surface area (Å²) < 4.78 is 4.48. The zero-order chi connectivity index (χ0) is 11.3. The molecule has 3 nitrogen and oxygen atoms in total. The number of thiophene rings is 1. The maximum absolute atomic E-state index is 11.7. The quantitative estimate of drug-likeness (QED) is 0.453. The number of hydrogen-bond acceptors (Lipinski definition) is 5. The maximum atomic E-state index is 11.7. The highest BCUT2D eigenvalue weighted by atomic mass is 32.2. The molecule has 1 heterocycles. The molecule has 1 rings (SSSR count). The number of rotatable bonds is 5. The molecule has 0 aliphatic heterocycles. The molecule has 0 radical (unpaired) electrons. The molecule has 0 saturated carbocycles. The van der Waals surface area contributed by atoms with E-state index in [1.54, 1.807) is 11.8 Å². The second-order valence-electron chi connectivity index (χ2n) is 2.82. The van der Waals surface area contributed by atoms with Crippen molar-refractivity contribution in [2.45, 2.75) is 17.7 Å². The zero-order valence-corrected chi connectivity index (χ0v) is 10.2. The van der Waals surface area contributed by atoms with Gasteiger partial charge in [0.2, 0.25) is 0 Å². The predicted octanol–water partition coefficient (Wildman–Crippen LogP) is 2.61. The van der Waals surface area contributed by atoms with Crippen molar-refractivity contribution in [3.63, 3.8) is 0 Å². The van der Waals surface area contributed by atoms with E-state index < -0.39 is 0 Å². The van der Waals surface area contributed by atoms with Crippen molar-refractivity contribution in [2.75, 3.05) is 13.4 Å². The Bertz CT molecular complexity index is 357. The van der Waals surface area contributed by atoms with Gasteiger partial charge in [0.05, 0.1) is 18.4 Å². The van der Waals surface area contributed by atoms with Crippen LogP contribution in [0.5, 0.6) is 0 Å². The summed E-state index contributed by atoms with van der Waals surface area (Å²) in [5.74, 6) is -0.328. The van der Waals surface area contributed by atoms with Crippen molar-refractivity contribution in [1.29, 1.82) is 0 Å². The molecule has 0 fully saturated rings. The highest BCUT2D eigenvalue weighted by Crippen LogP contribution is 2.27. The van der Waals surface area contributed by atoms with Crippen molar-refractivity contribution in [3.05, 3.63) is 16.3 Å². The van der Waals surface area contributed by atoms with Gasteiger partial charge in [0.1, 0.15) is 0 Å². The smallest absolute Gasteiger partial charge is 0.305 e. The zero-order valence-electron chi connectivity index (χ0n) is 8.61.